The van der Waals surface area contributed by atoms with Gasteiger partial charge < -0.3 is 14.6 Å². The number of rotatable bonds is 11. The summed E-state index contributed by atoms with van der Waals surface area (Å²) in [7, 11) is 0. The van der Waals surface area contributed by atoms with E-state index in [1.807, 2.05) is 0 Å². The van der Waals surface area contributed by atoms with E-state index in [1.165, 1.54) is 76.3 Å². The number of benzene rings is 1. The number of hydrogen-bond donors (Lipinski definition) is 1. The summed E-state index contributed by atoms with van der Waals surface area (Å²) in [5.74, 6) is 2.26. The second-order valence-electron chi connectivity index (χ2n) is 12.2. The van der Waals surface area contributed by atoms with Gasteiger partial charge in [0.25, 0.3) is 0 Å². The fourth-order valence-electron chi connectivity index (χ4n) is 7.37. The molecule has 1 aromatic carbocycles. The maximum atomic E-state index is 14.3. The highest BCUT2D eigenvalue weighted by molar-refractivity contribution is 5.99. The first-order valence-electron chi connectivity index (χ1n) is 15.3. The standard InChI is InChI=1S/C32H49FO4/c1-3-5-22-6-12-25(13-7-22)26-14-8-24(9-15-26)21-37-27-16-10-23(11-17-27)20-29(34)28-18-19-30(36-4-2)31(33)32(28)35/h18-19,22-27,35H,3-17,20-21H2,1-2H3. The van der Waals surface area contributed by atoms with E-state index in [0.717, 1.165) is 50.0 Å². The molecular weight excluding hydrogens is 467 g/mol. The largest absolute Gasteiger partial charge is 0.504 e. The van der Waals surface area contributed by atoms with Crippen molar-refractivity contribution in [2.24, 2.45) is 29.6 Å². The minimum atomic E-state index is -0.849. The molecule has 0 unspecified atom stereocenters. The molecular formula is C32H49FO4. The average Bonchev–Trinajstić information content (AvgIpc) is 2.92. The molecule has 0 aliphatic heterocycles. The first kappa shape index (κ1) is 28.4. The molecule has 4 rings (SSSR count). The monoisotopic (exact) mass is 516 g/mol. The molecule has 0 saturated heterocycles. The maximum Gasteiger partial charge on any atom is 0.207 e. The van der Waals surface area contributed by atoms with Crippen molar-refractivity contribution in [2.45, 2.75) is 116 Å². The van der Waals surface area contributed by atoms with Crippen molar-refractivity contribution in [1.29, 1.82) is 0 Å². The SMILES string of the molecule is CCCC1CCC(C2CCC(COC3CCC(CC(=O)c4ccc(OCC)c(F)c4O)CC3)CC2)CC1. The molecule has 0 aromatic heterocycles. The second-order valence-corrected chi connectivity index (χ2v) is 12.2. The van der Waals surface area contributed by atoms with Gasteiger partial charge >= 0.3 is 0 Å². The number of ketones is 1. The number of carbonyl (C=O) groups excluding carboxylic acids is 1. The topological polar surface area (TPSA) is 55.8 Å². The summed E-state index contributed by atoms with van der Waals surface area (Å²) in [6, 6.07) is 2.91. The Kier molecular flexibility index (Phi) is 10.7. The lowest BCUT2D eigenvalue weighted by Crippen LogP contribution is -2.29. The predicted molar refractivity (Wildman–Crippen MR) is 146 cm³/mol. The minimum Gasteiger partial charge on any atom is -0.504 e. The van der Waals surface area contributed by atoms with Crippen LogP contribution in [0.25, 0.3) is 0 Å². The Hall–Kier alpha value is -1.62. The molecule has 0 bridgehead atoms. The molecule has 3 fully saturated rings. The molecule has 0 amide bonds. The van der Waals surface area contributed by atoms with Gasteiger partial charge in [-0.1, -0.05) is 32.6 Å². The van der Waals surface area contributed by atoms with Crippen LogP contribution in [0.15, 0.2) is 12.1 Å². The summed E-state index contributed by atoms with van der Waals surface area (Å²) in [5, 5.41) is 10.2. The number of phenols is 1. The van der Waals surface area contributed by atoms with Gasteiger partial charge in [-0.2, -0.15) is 4.39 Å². The molecule has 37 heavy (non-hydrogen) atoms. The number of carbonyl (C=O) groups is 1. The van der Waals surface area contributed by atoms with E-state index in [1.54, 1.807) is 6.92 Å². The fourth-order valence-corrected chi connectivity index (χ4v) is 7.37. The van der Waals surface area contributed by atoms with Gasteiger partial charge in [0.1, 0.15) is 0 Å². The van der Waals surface area contributed by atoms with Crippen molar-refractivity contribution < 1.29 is 23.8 Å². The Morgan fingerprint density at radius 3 is 2.05 bits per heavy atom. The Labute approximate surface area is 223 Å². The van der Waals surface area contributed by atoms with E-state index in [4.69, 9.17) is 9.47 Å². The van der Waals surface area contributed by atoms with Crippen LogP contribution in [0.4, 0.5) is 4.39 Å². The first-order chi connectivity index (χ1) is 18.0. The van der Waals surface area contributed by atoms with Crippen LogP contribution in [0.3, 0.4) is 0 Å². The molecule has 0 spiro atoms. The third kappa shape index (κ3) is 7.71. The lowest BCUT2D eigenvalue weighted by molar-refractivity contribution is -0.0125. The molecule has 1 aromatic rings. The Bertz CT molecular complexity index is 847. The molecule has 1 N–H and O–H groups in total. The molecule has 5 heteroatoms. The highest BCUT2D eigenvalue weighted by atomic mass is 19.1. The number of aromatic hydroxyl groups is 1. The van der Waals surface area contributed by atoms with Gasteiger partial charge in [-0.3, -0.25) is 4.79 Å². The summed E-state index contributed by atoms with van der Waals surface area (Å²) in [4.78, 5) is 12.8. The molecule has 0 heterocycles. The van der Waals surface area contributed by atoms with Crippen LogP contribution < -0.4 is 4.74 Å². The van der Waals surface area contributed by atoms with Gasteiger partial charge in [-0.25, -0.2) is 0 Å². The van der Waals surface area contributed by atoms with Gasteiger partial charge in [-0.15, -0.1) is 0 Å². The van der Waals surface area contributed by atoms with Crippen molar-refractivity contribution in [2.75, 3.05) is 13.2 Å². The van der Waals surface area contributed by atoms with E-state index in [2.05, 4.69) is 6.92 Å². The normalized spacial score (nSPS) is 30.7. The van der Waals surface area contributed by atoms with Gasteiger partial charge in [0.15, 0.2) is 17.3 Å². The van der Waals surface area contributed by atoms with E-state index in [-0.39, 0.29) is 23.0 Å². The highest BCUT2D eigenvalue weighted by Gasteiger charge is 2.32. The molecule has 0 atom stereocenters. The number of hydrogen-bond acceptors (Lipinski definition) is 4. The lowest BCUT2D eigenvalue weighted by Gasteiger charge is -2.38. The van der Waals surface area contributed by atoms with Crippen LogP contribution in [-0.4, -0.2) is 30.2 Å². The third-order valence-electron chi connectivity index (χ3n) is 9.66. The maximum absolute atomic E-state index is 14.3. The summed E-state index contributed by atoms with van der Waals surface area (Å²) in [6.07, 6.45) is 18.6. The highest BCUT2D eigenvalue weighted by Crippen LogP contribution is 2.42. The van der Waals surface area contributed by atoms with Gasteiger partial charge in [-0.05, 0) is 113 Å². The van der Waals surface area contributed by atoms with Crippen LogP contribution in [0.5, 0.6) is 11.5 Å². The zero-order valence-corrected chi connectivity index (χ0v) is 23.2. The van der Waals surface area contributed by atoms with Crippen LogP contribution in [0.2, 0.25) is 0 Å². The van der Waals surface area contributed by atoms with Crippen molar-refractivity contribution in [3.8, 4) is 11.5 Å². The fraction of sp³-hybridized carbons (Fsp3) is 0.781. The minimum absolute atomic E-state index is 0.0165. The van der Waals surface area contributed by atoms with Crippen LogP contribution in [0.1, 0.15) is 121 Å². The Balaban J connectivity index is 1.12. The molecule has 3 aliphatic carbocycles. The quantitative estimate of drug-likeness (QED) is 0.300. The summed E-state index contributed by atoms with van der Waals surface area (Å²) in [5.41, 5.74) is 0.0592. The zero-order chi connectivity index (χ0) is 26.2. The van der Waals surface area contributed by atoms with Gasteiger partial charge in [0, 0.05) is 13.0 Å². The third-order valence-corrected chi connectivity index (χ3v) is 9.66. The number of ether oxygens (including phenoxy) is 2. The van der Waals surface area contributed by atoms with Crippen LogP contribution in [0, 0.1) is 35.4 Å². The molecule has 208 valence electrons. The van der Waals surface area contributed by atoms with Crippen molar-refractivity contribution in [3.05, 3.63) is 23.5 Å². The van der Waals surface area contributed by atoms with E-state index in [9.17, 15) is 14.3 Å². The molecule has 3 saturated carbocycles. The average molecular weight is 517 g/mol. The predicted octanol–water partition coefficient (Wildman–Crippen LogP) is 8.49. The van der Waals surface area contributed by atoms with Crippen molar-refractivity contribution in [1.82, 2.24) is 0 Å². The zero-order valence-electron chi connectivity index (χ0n) is 23.2. The van der Waals surface area contributed by atoms with Gasteiger partial charge in [0.2, 0.25) is 5.82 Å². The Morgan fingerprint density at radius 1 is 0.865 bits per heavy atom. The van der Waals surface area contributed by atoms with E-state index < -0.39 is 11.6 Å². The number of halogens is 1. The smallest absolute Gasteiger partial charge is 0.207 e. The number of Topliss-reactive ketones (excluding diaryl/α,β-unsaturated/α-hetero) is 1. The van der Waals surface area contributed by atoms with Crippen molar-refractivity contribution >= 4 is 5.78 Å². The van der Waals surface area contributed by atoms with Gasteiger partial charge in [0.05, 0.1) is 18.3 Å². The Morgan fingerprint density at radius 2 is 1.46 bits per heavy atom. The van der Waals surface area contributed by atoms with E-state index in [0.29, 0.717) is 25.0 Å². The second kappa shape index (κ2) is 14.0. The van der Waals surface area contributed by atoms with E-state index >= 15 is 0 Å². The first-order valence-corrected chi connectivity index (χ1v) is 15.3. The molecule has 3 aliphatic rings. The number of phenolic OH excluding ortho intramolecular Hbond substituents is 1. The van der Waals surface area contributed by atoms with Crippen LogP contribution >= 0.6 is 0 Å². The van der Waals surface area contributed by atoms with Crippen molar-refractivity contribution in [3.63, 3.8) is 0 Å². The molecule has 0 radical (unpaired) electrons. The molecule has 4 nitrogen and oxygen atoms in total. The summed E-state index contributed by atoms with van der Waals surface area (Å²) in [6.45, 7) is 5.27. The van der Waals surface area contributed by atoms with Crippen LogP contribution in [-0.2, 0) is 4.74 Å². The lowest BCUT2D eigenvalue weighted by atomic mass is 9.69. The summed E-state index contributed by atoms with van der Waals surface area (Å²) >= 11 is 0. The summed E-state index contributed by atoms with van der Waals surface area (Å²) < 4.78 is 25.8.